The summed E-state index contributed by atoms with van der Waals surface area (Å²) in [5.41, 5.74) is 1.08. The van der Waals surface area contributed by atoms with Crippen LogP contribution in [0.3, 0.4) is 0 Å². The summed E-state index contributed by atoms with van der Waals surface area (Å²) in [4.78, 5) is 34.8. The molecule has 5 heteroatoms. The number of ketones is 1. The Bertz CT molecular complexity index is 598. The van der Waals surface area contributed by atoms with Gasteiger partial charge in [-0.2, -0.15) is 0 Å². The summed E-state index contributed by atoms with van der Waals surface area (Å²) in [6.45, 7) is 6.70. The van der Waals surface area contributed by atoms with Crippen molar-refractivity contribution in [2.45, 2.75) is 59.0 Å². The van der Waals surface area contributed by atoms with Crippen molar-refractivity contribution < 1.29 is 24.2 Å². The van der Waals surface area contributed by atoms with Gasteiger partial charge >= 0.3 is 11.9 Å². The molecule has 1 atom stereocenters. The minimum absolute atomic E-state index is 0.0294. The molecule has 0 amide bonds. The summed E-state index contributed by atoms with van der Waals surface area (Å²) < 4.78 is 5.30. The van der Waals surface area contributed by atoms with Crippen LogP contribution in [0.1, 0.15) is 51.7 Å². The molecule has 1 aromatic rings. The Labute approximate surface area is 143 Å². The molecule has 0 aromatic heterocycles. The van der Waals surface area contributed by atoms with Crippen LogP contribution in [0, 0.1) is 5.92 Å². The van der Waals surface area contributed by atoms with Gasteiger partial charge in [0, 0.05) is 0 Å². The van der Waals surface area contributed by atoms with Gasteiger partial charge in [0.1, 0.15) is 17.3 Å². The highest BCUT2D eigenvalue weighted by Gasteiger charge is 2.28. The number of carbonyl (C=O) groups excluding carboxylic acids is 2. The molecule has 0 bridgehead atoms. The lowest BCUT2D eigenvalue weighted by molar-refractivity contribution is -0.162. The van der Waals surface area contributed by atoms with Gasteiger partial charge in [0.25, 0.3) is 0 Å². The van der Waals surface area contributed by atoms with E-state index < -0.39 is 23.5 Å². The number of ether oxygens (including phenoxy) is 1. The van der Waals surface area contributed by atoms with Crippen LogP contribution in [-0.4, -0.2) is 28.4 Å². The fourth-order valence-corrected chi connectivity index (χ4v) is 2.49. The summed E-state index contributed by atoms with van der Waals surface area (Å²) in [6, 6.07) is 7.34. The van der Waals surface area contributed by atoms with Gasteiger partial charge in [-0.25, -0.2) is 0 Å². The molecule has 0 saturated heterocycles. The second kappa shape index (κ2) is 8.62. The molecular weight excluding hydrogens is 308 g/mol. The standard InChI is InChI=1S/C19H26O5/c1-13(20)16(18(23)24-19(2,3)4)11-7-10-14-8-5-6-9-15(14)12-17(21)22/h5-6,8-9,16H,7,10-12H2,1-4H3,(H,21,22). The number of carbonyl (C=O) groups is 3. The van der Waals surface area contributed by atoms with Crippen molar-refractivity contribution in [1.82, 2.24) is 0 Å². The first-order chi connectivity index (χ1) is 11.1. The highest BCUT2D eigenvalue weighted by Crippen LogP contribution is 2.19. The fraction of sp³-hybridized carbons (Fsp3) is 0.526. The van der Waals surface area contributed by atoms with Crippen molar-refractivity contribution in [2.24, 2.45) is 5.92 Å². The van der Waals surface area contributed by atoms with Crippen molar-refractivity contribution in [3.8, 4) is 0 Å². The van der Waals surface area contributed by atoms with Crippen LogP contribution in [0.5, 0.6) is 0 Å². The van der Waals surface area contributed by atoms with Crippen molar-refractivity contribution in [3.63, 3.8) is 0 Å². The number of benzene rings is 1. The number of Topliss-reactive ketones (excluding diaryl/α,β-unsaturated/α-hetero) is 1. The minimum atomic E-state index is -0.877. The van der Waals surface area contributed by atoms with E-state index in [1.165, 1.54) is 6.92 Å². The Morgan fingerprint density at radius 1 is 1.12 bits per heavy atom. The zero-order valence-electron chi connectivity index (χ0n) is 14.8. The quantitative estimate of drug-likeness (QED) is 0.583. The third-order valence-corrected chi connectivity index (χ3v) is 3.58. The van der Waals surface area contributed by atoms with E-state index in [2.05, 4.69) is 0 Å². The highest BCUT2D eigenvalue weighted by molar-refractivity contribution is 5.97. The molecule has 132 valence electrons. The second-order valence-electron chi connectivity index (χ2n) is 6.93. The SMILES string of the molecule is CC(=O)C(CCCc1ccccc1CC(=O)O)C(=O)OC(C)(C)C. The number of aryl methyl sites for hydroxylation is 1. The van der Waals surface area contributed by atoms with Crippen LogP contribution in [0.4, 0.5) is 0 Å². The summed E-state index contributed by atoms with van der Waals surface area (Å²) in [5.74, 6) is -2.34. The third-order valence-electron chi connectivity index (χ3n) is 3.58. The zero-order chi connectivity index (χ0) is 18.3. The summed E-state index contributed by atoms with van der Waals surface area (Å²) in [5, 5.41) is 8.95. The van der Waals surface area contributed by atoms with E-state index in [0.29, 0.717) is 19.3 Å². The van der Waals surface area contributed by atoms with E-state index in [1.807, 2.05) is 12.1 Å². The first kappa shape index (κ1) is 19.9. The molecule has 0 heterocycles. The summed E-state index contributed by atoms with van der Waals surface area (Å²) >= 11 is 0. The molecule has 1 rings (SSSR count). The van der Waals surface area contributed by atoms with Gasteiger partial charge in [-0.3, -0.25) is 14.4 Å². The monoisotopic (exact) mass is 334 g/mol. The Morgan fingerprint density at radius 2 is 1.71 bits per heavy atom. The van der Waals surface area contributed by atoms with E-state index >= 15 is 0 Å². The maximum absolute atomic E-state index is 12.1. The first-order valence-electron chi connectivity index (χ1n) is 8.12. The number of aliphatic carboxylic acids is 1. The van der Waals surface area contributed by atoms with Crippen molar-refractivity contribution in [1.29, 1.82) is 0 Å². The van der Waals surface area contributed by atoms with Crippen LogP contribution >= 0.6 is 0 Å². The number of carboxylic acids is 1. The molecule has 0 radical (unpaired) electrons. The highest BCUT2D eigenvalue weighted by atomic mass is 16.6. The normalized spacial score (nSPS) is 12.5. The van der Waals surface area contributed by atoms with Gasteiger partial charge < -0.3 is 9.84 Å². The van der Waals surface area contributed by atoms with Crippen molar-refractivity contribution in [3.05, 3.63) is 35.4 Å². The Balaban J connectivity index is 2.68. The predicted octanol–water partition coefficient (Wildman–Crippen LogP) is 3.18. The summed E-state index contributed by atoms with van der Waals surface area (Å²) in [7, 11) is 0. The third kappa shape index (κ3) is 6.94. The molecule has 0 fully saturated rings. The average Bonchev–Trinajstić information content (AvgIpc) is 2.42. The number of hydrogen-bond acceptors (Lipinski definition) is 4. The molecule has 1 unspecified atom stereocenters. The maximum Gasteiger partial charge on any atom is 0.316 e. The lowest BCUT2D eigenvalue weighted by Gasteiger charge is -2.23. The molecule has 0 aliphatic rings. The van der Waals surface area contributed by atoms with Crippen LogP contribution in [0.15, 0.2) is 24.3 Å². The minimum Gasteiger partial charge on any atom is -0.481 e. The van der Waals surface area contributed by atoms with E-state index in [-0.39, 0.29) is 12.2 Å². The smallest absolute Gasteiger partial charge is 0.316 e. The zero-order valence-corrected chi connectivity index (χ0v) is 14.8. The van der Waals surface area contributed by atoms with Gasteiger partial charge in [0.2, 0.25) is 0 Å². The van der Waals surface area contributed by atoms with E-state index in [0.717, 1.165) is 11.1 Å². The lowest BCUT2D eigenvalue weighted by Crippen LogP contribution is -2.32. The van der Waals surface area contributed by atoms with E-state index in [9.17, 15) is 14.4 Å². The molecule has 0 aliphatic carbocycles. The molecule has 1 N–H and O–H groups in total. The second-order valence-corrected chi connectivity index (χ2v) is 6.93. The Hall–Kier alpha value is -2.17. The van der Waals surface area contributed by atoms with Gasteiger partial charge in [-0.05, 0) is 58.1 Å². The number of rotatable bonds is 8. The first-order valence-corrected chi connectivity index (χ1v) is 8.12. The Morgan fingerprint density at radius 3 is 2.21 bits per heavy atom. The molecule has 0 spiro atoms. The molecule has 0 saturated carbocycles. The van der Waals surface area contributed by atoms with Gasteiger partial charge in [0.05, 0.1) is 6.42 Å². The van der Waals surface area contributed by atoms with E-state index in [4.69, 9.17) is 9.84 Å². The van der Waals surface area contributed by atoms with E-state index in [1.54, 1.807) is 32.9 Å². The van der Waals surface area contributed by atoms with Gasteiger partial charge in [-0.1, -0.05) is 24.3 Å². The lowest BCUT2D eigenvalue weighted by atomic mass is 9.94. The number of esters is 1. The Kier molecular flexibility index (Phi) is 7.14. The predicted molar refractivity (Wildman–Crippen MR) is 90.7 cm³/mol. The molecule has 5 nitrogen and oxygen atoms in total. The maximum atomic E-state index is 12.1. The molecule has 1 aromatic carbocycles. The number of hydrogen-bond donors (Lipinski definition) is 1. The topological polar surface area (TPSA) is 80.7 Å². The van der Waals surface area contributed by atoms with Gasteiger partial charge in [0.15, 0.2) is 0 Å². The van der Waals surface area contributed by atoms with Crippen LogP contribution in [0.2, 0.25) is 0 Å². The van der Waals surface area contributed by atoms with Crippen LogP contribution in [-0.2, 0) is 32.0 Å². The van der Waals surface area contributed by atoms with Gasteiger partial charge in [-0.15, -0.1) is 0 Å². The molecule has 24 heavy (non-hydrogen) atoms. The fourth-order valence-electron chi connectivity index (χ4n) is 2.49. The largest absolute Gasteiger partial charge is 0.481 e. The van der Waals surface area contributed by atoms with Crippen molar-refractivity contribution in [2.75, 3.05) is 0 Å². The number of carboxylic acid groups (broad SMARTS) is 1. The van der Waals surface area contributed by atoms with Crippen molar-refractivity contribution >= 4 is 17.7 Å². The van der Waals surface area contributed by atoms with Crippen LogP contribution < -0.4 is 0 Å². The van der Waals surface area contributed by atoms with Crippen LogP contribution in [0.25, 0.3) is 0 Å². The average molecular weight is 334 g/mol. The molecule has 0 aliphatic heterocycles. The molecular formula is C19H26O5. The summed E-state index contributed by atoms with van der Waals surface area (Å²) in [6.07, 6.45) is 1.60.